The molecule has 3 aromatic heterocycles. The van der Waals surface area contributed by atoms with Crippen LogP contribution in [0.2, 0.25) is 0 Å². The van der Waals surface area contributed by atoms with E-state index >= 15 is 0 Å². The second kappa shape index (κ2) is 10.9. The van der Waals surface area contributed by atoms with Gasteiger partial charge in [-0.3, -0.25) is 4.79 Å². The molecule has 5 rings (SSSR count). The maximum absolute atomic E-state index is 12.7. The van der Waals surface area contributed by atoms with Crippen molar-refractivity contribution >= 4 is 22.8 Å². The Bertz CT molecular complexity index is 1380. The third kappa shape index (κ3) is 5.54. The molecule has 4 aromatic rings. The Morgan fingerprint density at radius 2 is 2.03 bits per heavy atom. The van der Waals surface area contributed by atoms with Crippen LogP contribution >= 0.6 is 0 Å². The minimum atomic E-state index is -0.125. The monoisotopic (exact) mass is 505 g/mol. The first-order chi connectivity index (χ1) is 18.0. The van der Waals surface area contributed by atoms with Crippen molar-refractivity contribution in [2.75, 3.05) is 52.0 Å². The Morgan fingerprint density at radius 1 is 1.19 bits per heavy atom. The number of hydrogen-bond donors (Lipinski definition) is 2. The van der Waals surface area contributed by atoms with E-state index in [4.69, 9.17) is 15.1 Å². The zero-order valence-electron chi connectivity index (χ0n) is 21.1. The van der Waals surface area contributed by atoms with Crippen molar-refractivity contribution in [2.45, 2.75) is 19.9 Å². The number of ether oxygens (including phenoxy) is 1. The second-order valence-electron chi connectivity index (χ2n) is 9.07. The summed E-state index contributed by atoms with van der Waals surface area (Å²) in [4.78, 5) is 26.4. The third-order valence-electron chi connectivity index (χ3n) is 6.50. The lowest BCUT2D eigenvalue weighted by atomic mass is 10.2. The Morgan fingerprint density at radius 3 is 2.78 bits per heavy atom. The van der Waals surface area contributed by atoms with Gasteiger partial charge in [-0.05, 0) is 55.4 Å². The van der Waals surface area contributed by atoms with E-state index in [2.05, 4.69) is 42.4 Å². The number of aryl methyl sites for hydroxylation is 1. The van der Waals surface area contributed by atoms with Gasteiger partial charge in [0.1, 0.15) is 11.3 Å². The summed E-state index contributed by atoms with van der Waals surface area (Å²) in [5.41, 5.74) is 8.25. The number of nitrogen functional groups attached to an aromatic ring is 1. The maximum Gasteiger partial charge on any atom is 0.251 e. The number of imidazole rings is 1. The number of nitrogens with one attached hydrogen (secondary N) is 1. The van der Waals surface area contributed by atoms with E-state index in [9.17, 15) is 4.79 Å². The second-order valence-corrected chi connectivity index (χ2v) is 9.07. The molecular weight excluding hydrogens is 474 g/mol. The Balaban J connectivity index is 1.23. The molecule has 1 saturated heterocycles. The number of nitrogens with zero attached hydrogens (tertiary/aromatic N) is 7. The molecule has 194 valence electrons. The molecular formula is C25H31N9O3. The third-order valence-corrected chi connectivity index (χ3v) is 6.50. The number of anilines is 1. The molecule has 0 atom stereocenters. The minimum absolute atomic E-state index is 0.125. The highest BCUT2D eigenvalue weighted by Crippen LogP contribution is 2.29. The van der Waals surface area contributed by atoms with Crippen molar-refractivity contribution in [3.05, 3.63) is 42.1 Å². The fraction of sp³-hybridized carbons (Fsp3) is 0.400. The number of carbonyl (C=O) groups is 1. The summed E-state index contributed by atoms with van der Waals surface area (Å²) in [6.45, 7) is 8.57. The Hall–Kier alpha value is -4.03. The summed E-state index contributed by atoms with van der Waals surface area (Å²) in [6, 6.07) is 8.87. The molecule has 1 aromatic carbocycles. The first-order valence-electron chi connectivity index (χ1n) is 12.4. The van der Waals surface area contributed by atoms with Crippen molar-refractivity contribution in [1.29, 1.82) is 0 Å². The van der Waals surface area contributed by atoms with Crippen LogP contribution in [0.5, 0.6) is 11.6 Å². The summed E-state index contributed by atoms with van der Waals surface area (Å²) in [7, 11) is 2.15. The highest BCUT2D eigenvalue weighted by molar-refractivity contribution is 5.94. The Kier molecular flexibility index (Phi) is 7.28. The number of amides is 1. The van der Waals surface area contributed by atoms with Crippen LogP contribution in [-0.4, -0.2) is 86.9 Å². The van der Waals surface area contributed by atoms with Gasteiger partial charge >= 0.3 is 0 Å². The maximum atomic E-state index is 12.7. The number of benzene rings is 1. The van der Waals surface area contributed by atoms with Crippen molar-refractivity contribution in [1.82, 2.24) is 40.0 Å². The van der Waals surface area contributed by atoms with Crippen LogP contribution in [0.15, 0.2) is 41.2 Å². The largest absolute Gasteiger partial charge is 0.439 e. The van der Waals surface area contributed by atoms with E-state index in [1.54, 1.807) is 36.5 Å². The van der Waals surface area contributed by atoms with Gasteiger partial charge in [0, 0.05) is 50.9 Å². The summed E-state index contributed by atoms with van der Waals surface area (Å²) in [6.07, 6.45) is 2.54. The van der Waals surface area contributed by atoms with E-state index in [1.165, 1.54) is 0 Å². The van der Waals surface area contributed by atoms with Crippen LogP contribution in [0.3, 0.4) is 0 Å². The van der Waals surface area contributed by atoms with Crippen LogP contribution in [0.25, 0.3) is 22.6 Å². The van der Waals surface area contributed by atoms with Crippen molar-refractivity contribution in [3.8, 4) is 23.1 Å². The van der Waals surface area contributed by atoms with Gasteiger partial charge in [-0.1, -0.05) is 6.07 Å². The molecule has 12 nitrogen and oxygen atoms in total. The number of likely N-dealkylation sites (N-methyl/N-ethyl adjacent to an activating group) is 1. The lowest BCUT2D eigenvalue weighted by molar-refractivity contribution is 0.0949. The summed E-state index contributed by atoms with van der Waals surface area (Å²) >= 11 is 0. The fourth-order valence-corrected chi connectivity index (χ4v) is 4.42. The van der Waals surface area contributed by atoms with Gasteiger partial charge in [0.2, 0.25) is 5.88 Å². The van der Waals surface area contributed by atoms with Gasteiger partial charge in [0.05, 0.1) is 11.7 Å². The van der Waals surface area contributed by atoms with E-state index in [-0.39, 0.29) is 11.7 Å². The SMILES string of the molecule is CCn1c(-c2nonc2N)nc2cnc(Oc3cccc(C(=O)NCCCN4CCN(C)CC4)c3)cc21. The van der Waals surface area contributed by atoms with Crippen molar-refractivity contribution in [2.24, 2.45) is 0 Å². The number of fused-ring (bicyclic) bond motifs is 1. The van der Waals surface area contributed by atoms with E-state index in [0.29, 0.717) is 47.3 Å². The highest BCUT2D eigenvalue weighted by Gasteiger charge is 2.19. The number of hydrogen-bond acceptors (Lipinski definition) is 10. The molecule has 1 aliphatic rings. The van der Waals surface area contributed by atoms with Crippen LogP contribution in [0.4, 0.5) is 5.82 Å². The number of piperazine rings is 1. The predicted molar refractivity (Wildman–Crippen MR) is 138 cm³/mol. The number of rotatable bonds is 9. The smallest absolute Gasteiger partial charge is 0.251 e. The predicted octanol–water partition coefficient (Wildman–Crippen LogP) is 2.24. The number of aromatic nitrogens is 5. The van der Waals surface area contributed by atoms with Gasteiger partial charge in [-0.25, -0.2) is 14.6 Å². The number of carbonyl (C=O) groups excluding carboxylic acids is 1. The number of nitrogens with two attached hydrogens (primary N) is 1. The molecule has 0 spiro atoms. The quantitative estimate of drug-likeness (QED) is 0.325. The molecule has 4 heterocycles. The molecule has 1 fully saturated rings. The van der Waals surface area contributed by atoms with Gasteiger partial charge in [-0.15, -0.1) is 0 Å². The summed E-state index contributed by atoms with van der Waals surface area (Å²) in [5, 5.41) is 10.5. The molecule has 12 heteroatoms. The lowest BCUT2D eigenvalue weighted by Crippen LogP contribution is -2.45. The van der Waals surface area contributed by atoms with Crippen LogP contribution in [0, 0.1) is 0 Å². The molecule has 1 amide bonds. The minimum Gasteiger partial charge on any atom is -0.439 e. The summed E-state index contributed by atoms with van der Waals surface area (Å²) < 4.78 is 12.7. The van der Waals surface area contributed by atoms with Crippen LogP contribution < -0.4 is 15.8 Å². The highest BCUT2D eigenvalue weighted by atomic mass is 16.6. The zero-order valence-corrected chi connectivity index (χ0v) is 21.1. The molecule has 0 saturated carbocycles. The fourth-order valence-electron chi connectivity index (χ4n) is 4.42. The van der Waals surface area contributed by atoms with Gasteiger partial charge in [0.15, 0.2) is 17.3 Å². The Labute approximate surface area is 214 Å². The van der Waals surface area contributed by atoms with E-state index < -0.39 is 0 Å². The lowest BCUT2D eigenvalue weighted by Gasteiger charge is -2.32. The summed E-state index contributed by atoms with van der Waals surface area (Å²) in [5.74, 6) is 1.49. The van der Waals surface area contributed by atoms with Gasteiger partial charge in [-0.2, -0.15) is 0 Å². The zero-order chi connectivity index (χ0) is 25.8. The first kappa shape index (κ1) is 24.7. The molecule has 0 unspecified atom stereocenters. The molecule has 0 bridgehead atoms. The standard InChI is InChI=1S/C25H31N9O3/c1-3-34-20-15-21(28-16-19(20)29-24(34)22-23(26)31-37-30-22)36-18-7-4-6-17(14-18)25(35)27-8-5-9-33-12-10-32(2)11-13-33/h4,6-7,14-16H,3,5,8-13H2,1-2H3,(H2,26,31)(H,27,35). The van der Waals surface area contributed by atoms with Crippen LogP contribution in [-0.2, 0) is 6.54 Å². The van der Waals surface area contributed by atoms with Crippen LogP contribution in [0.1, 0.15) is 23.7 Å². The van der Waals surface area contributed by atoms with Crippen molar-refractivity contribution in [3.63, 3.8) is 0 Å². The number of pyridine rings is 1. The molecule has 37 heavy (non-hydrogen) atoms. The van der Waals surface area contributed by atoms with E-state index in [0.717, 1.165) is 44.7 Å². The molecule has 0 radical (unpaired) electrons. The average molecular weight is 506 g/mol. The molecule has 1 aliphatic heterocycles. The molecule has 0 aliphatic carbocycles. The topological polar surface area (TPSA) is 140 Å². The van der Waals surface area contributed by atoms with Crippen molar-refractivity contribution < 1.29 is 14.2 Å². The van der Waals surface area contributed by atoms with Gasteiger partial charge < -0.3 is 30.2 Å². The average Bonchev–Trinajstić information content (AvgIpc) is 3.50. The van der Waals surface area contributed by atoms with Gasteiger partial charge in [0.25, 0.3) is 5.91 Å². The first-order valence-corrected chi connectivity index (χ1v) is 12.4. The normalized spacial score (nSPS) is 14.8. The molecule has 3 N–H and O–H groups in total. The van der Waals surface area contributed by atoms with E-state index in [1.807, 2.05) is 11.5 Å².